The van der Waals surface area contributed by atoms with E-state index in [1.165, 1.54) is 4.90 Å². The van der Waals surface area contributed by atoms with Crippen molar-refractivity contribution in [2.75, 3.05) is 23.7 Å². The van der Waals surface area contributed by atoms with Gasteiger partial charge in [0.1, 0.15) is 12.6 Å². The van der Waals surface area contributed by atoms with Gasteiger partial charge in [0.2, 0.25) is 21.8 Å². The Labute approximate surface area is 230 Å². The fourth-order valence-corrected chi connectivity index (χ4v) is 5.00. The third-order valence-corrected chi connectivity index (χ3v) is 7.58. The molecule has 0 aromatic heterocycles. The highest BCUT2D eigenvalue weighted by Gasteiger charge is 2.36. The summed E-state index contributed by atoms with van der Waals surface area (Å²) in [6, 6.07) is 8.25. The van der Waals surface area contributed by atoms with Crippen LogP contribution in [0.3, 0.4) is 0 Å². The van der Waals surface area contributed by atoms with E-state index in [4.69, 9.17) is 23.2 Å². The van der Waals surface area contributed by atoms with Crippen LogP contribution in [0.25, 0.3) is 0 Å². The number of nitrogens with one attached hydrogen (secondary N) is 1. The highest BCUT2D eigenvalue weighted by molar-refractivity contribution is 7.92. The maximum absolute atomic E-state index is 13.6. The van der Waals surface area contributed by atoms with Crippen molar-refractivity contribution in [1.29, 1.82) is 0 Å². The predicted molar refractivity (Wildman–Crippen MR) is 143 cm³/mol. The molecule has 0 radical (unpaired) electrons. The number of carbonyl (C=O) groups excluding carboxylic acids is 2. The van der Waals surface area contributed by atoms with E-state index in [9.17, 15) is 31.2 Å². The number of carbonyl (C=O) groups is 2. The largest absolute Gasteiger partial charge is 0.417 e. The van der Waals surface area contributed by atoms with Gasteiger partial charge in [-0.15, -0.1) is 0 Å². The van der Waals surface area contributed by atoms with Gasteiger partial charge in [-0.3, -0.25) is 13.9 Å². The van der Waals surface area contributed by atoms with Crippen LogP contribution in [-0.2, 0) is 32.3 Å². The highest BCUT2D eigenvalue weighted by atomic mass is 35.5. The van der Waals surface area contributed by atoms with Crippen molar-refractivity contribution >= 4 is 50.7 Å². The number of halogens is 5. The Morgan fingerprint density at radius 1 is 1.05 bits per heavy atom. The number of benzene rings is 2. The average Bonchev–Trinajstić information content (AvgIpc) is 2.82. The zero-order valence-electron chi connectivity index (χ0n) is 21.2. The number of anilines is 1. The lowest BCUT2D eigenvalue weighted by Gasteiger charge is -2.33. The fraction of sp³-hybridized carbons (Fsp3) is 0.440. The molecule has 0 aliphatic rings. The number of alkyl halides is 3. The van der Waals surface area contributed by atoms with Crippen molar-refractivity contribution in [3.8, 4) is 0 Å². The lowest BCUT2D eigenvalue weighted by atomic mass is 10.1. The summed E-state index contributed by atoms with van der Waals surface area (Å²) in [5.41, 5.74) is -1.12. The second-order valence-corrected chi connectivity index (χ2v) is 11.3. The standard InChI is InChI=1S/C25H30Cl2F3N3O4S/c1-4-6-13-31-24(35)22(5-2)32(15-17-9-7-8-10-20(17)26)23(34)16-33(38(3,36)37)18-11-12-21(27)19(14-18)25(28,29)30/h7-12,14,22H,4-6,13,15-16H2,1-3H3,(H,31,35). The van der Waals surface area contributed by atoms with Crippen molar-refractivity contribution in [2.24, 2.45) is 0 Å². The summed E-state index contributed by atoms with van der Waals surface area (Å²) in [5, 5.41) is 2.50. The third kappa shape index (κ3) is 8.51. The molecule has 1 atom stereocenters. The molecule has 0 aliphatic carbocycles. The van der Waals surface area contributed by atoms with Crippen molar-refractivity contribution in [1.82, 2.24) is 10.2 Å². The van der Waals surface area contributed by atoms with E-state index in [2.05, 4.69) is 5.32 Å². The second kappa shape index (κ2) is 13.5. The summed E-state index contributed by atoms with van der Waals surface area (Å²) in [6.07, 6.45) is -2.31. The second-order valence-electron chi connectivity index (χ2n) is 8.61. The van der Waals surface area contributed by atoms with Crippen molar-refractivity contribution in [3.63, 3.8) is 0 Å². The molecule has 0 heterocycles. The molecule has 1 unspecified atom stereocenters. The van der Waals surface area contributed by atoms with Crippen LogP contribution in [0.1, 0.15) is 44.2 Å². The molecule has 13 heteroatoms. The van der Waals surface area contributed by atoms with Crippen LogP contribution in [0.5, 0.6) is 0 Å². The Bertz CT molecular complexity index is 1240. The van der Waals surface area contributed by atoms with E-state index in [0.29, 0.717) is 27.5 Å². The van der Waals surface area contributed by atoms with Gasteiger partial charge in [0.05, 0.1) is 22.5 Å². The summed E-state index contributed by atoms with van der Waals surface area (Å²) in [7, 11) is -4.22. The minimum Gasteiger partial charge on any atom is -0.354 e. The molecule has 0 aliphatic heterocycles. The summed E-state index contributed by atoms with van der Waals surface area (Å²) in [4.78, 5) is 27.8. The maximum Gasteiger partial charge on any atom is 0.417 e. The smallest absolute Gasteiger partial charge is 0.354 e. The van der Waals surface area contributed by atoms with Gasteiger partial charge in [-0.1, -0.05) is 61.7 Å². The van der Waals surface area contributed by atoms with Crippen LogP contribution >= 0.6 is 23.2 Å². The van der Waals surface area contributed by atoms with Gasteiger partial charge < -0.3 is 10.2 Å². The molecule has 2 aromatic carbocycles. The van der Waals surface area contributed by atoms with Crippen LogP contribution in [0, 0.1) is 0 Å². The molecule has 2 rings (SSSR count). The molecule has 0 spiro atoms. The van der Waals surface area contributed by atoms with Gasteiger partial charge in [-0.25, -0.2) is 8.42 Å². The SMILES string of the molecule is CCCCNC(=O)C(CC)N(Cc1ccccc1Cl)C(=O)CN(c1ccc(Cl)c(C(F)(F)F)c1)S(C)(=O)=O. The molecule has 0 fully saturated rings. The Morgan fingerprint density at radius 2 is 1.71 bits per heavy atom. The Kier molecular flexibility index (Phi) is 11.3. The molecule has 1 N–H and O–H groups in total. The van der Waals surface area contributed by atoms with Crippen molar-refractivity contribution < 1.29 is 31.2 Å². The van der Waals surface area contributed by atoms with Gasteiger partial charge >= 0.3 is 6.18 Å². The van der Waals surface area contributed by atoms with Crippen LogP contribution in [0.15, 0.2) is 42.5 Å². The number of sulfonamides is 1. The van der Waals surface area contributed by atoms with E-state index >= 15 is 0 Å². The Balaban J connectivity index is 2.50. The fourth-order valence-electron chi connectivity index (χ4n) is 3.74. The first-order chi connectivity index (χ1) is 17.7. The lowest BCUT2D eigenvalue weighted by molar-refractivity contribution is -0.140. The number of amides is 2. The monoisotopic (exact) mass is 595 g/mol. The first kappa shape index (κ1) is 31.7. The number of nitrogens with zero attached hydrogens (tertiary/aromatic N) is 2. The highest BCUT2D eigenvalue weighted by Crippen LogP contribution is 2.37. The summed E-state index contributed by atoms with van der Waals surface area (Å²) in [6.45, 7) is 3.07. The van der Waals surface area contributed by atoms with E-state index in [1.807, 2.05) is 6.92 Å². The Hall–Kier alpha value is -2.50. The van der Waals surface area contributed by atoms with E-state index in [0.717, 1.165) is 31.2 Å². The molecule has 7 nitrogen and oxygen atoms in total. The molecular weight excluding hydrogens is 566 g/mol. The predicted octanol–water partition coefficient (Wildman–Crippen LogP) is 5.50. The minimum atomic E-state index is -4.85. The molecule has 0 saturated carbocycles. The van der Waals surface area contributed by atoms with Gasteiger partial charge in [0, 0.05) is 18.1 Å². The number of hydrogen-bond donors (Lipinski definition) is 1. The zero-order valence-corrected chi connectivity index (χ0v) is 23.5. The van der Waals surface area contributed by atoms with Crippen molar-refractivity contribution in [2.45, 2.75) is 51.9 Å². The van der Waals surface area contributed by atoms with Crippen LogP contribution in [0.4, 0.5) is 18.9 Å². The normalized spacial score (nSPS) is 12.6. The first-order valence-corrected chi connectivity index (χ1v) is 14.5. The van der Waals surface area contributed by atoms with Gasteiger partial charge in [-0.05, 0) is 42.7 Å². The third-order valence-electron chi connectivity index (χ3n) is 5.74. The molecule has 0 bridgehead atoms. The quantitative estimate of drug-likeness (QED) is 0.328. The summed E-state index contributed by atoms with van der Waals surface area (Å²) in [5.74, 6) is -1.23. The first-order valence-electron chi connectivity index (χ1n) is 11.9. The zero-order chi connectivity index (χ0) is 28.7. The number of rotatable bonds is 12. The van der Waals surface area contributed by atoms with Crippen molar-refractivity contribution in [3.05, 3.63) is 63.6 Å². The Morgan fingerprint density at radius 3 is 2.26 bits per heavy atom. The number of hydrogen-bond acceptors (Lipinski definition) is 4. The molecular formula is C25H30Cl2F3N3O4S. The van der Waals surface area contributed by atoms with Gasteiger partial charge in [0.15, 0.2) is 0 Å². The molecule has 2 amide bonds. The number of unbranched alkanes of at least 4 members (excludes halogenated alkanes) is 1. The van der Waals surface area contributed by atoms with E-state index in [1.54, 1.807) is 31.2 Å². The van der Waals surface area contributed by atoms with Crippen LogP contribution in [-0.4, -0.2) is 50.5 Å². The molecule has 210 valence electrons. The van der Waals surface area contributed by atoms with E-state index in [-0.39, 0.29) is 13.0 Å². The van der Waals surface area contributed by atoms with Crippen LogP contribution in [0.2, 0.25) is 10.0 Å². The van der Waals surface area contributed by atoms with E-state index < -0.39 is 56.9 Å². The van der Waals surface area contributed by atoms with Crippen LogP contribution < -0.4 is 9.62 Å². The lowest BCUT2D eigenvalue weighted by Crippen LogP contribution is -2.52. The summed E-state index contributed by atoms with van der Waals surface area (Å²) >= 11 is 12.0. The van der Waals surface area contributed by atoms with Gasteiger partial charge in [-0.2, -0.15) is 13.2 Å². The maximum atomic E-state index is 13.6. The topological polar surface area (TPSA) is 86.8 Å². The van der Waals surface area contributed by atoms with Gasteiger partial charge in [0.25, 0.3) is 0 Å². The molecule has 0 saturated heterocycles. The summed E-state index contributed by atoms with van der Waals surface area (Å²) < 4.78 is 66.2. The average molecular weight is 596 g/mol. The minimum absolute atomic E-state index is 0.121. The molecule has 38 heavy (non-hydrogen) atoms. The molecule has 2 aromatic rings.